The van der Waals surface area contributed by atoms with Crippen molar-refractivity contribution in [3.05, 3.63) is 107 Å². The molecule has 1 amide bonds. The third-order valence-electron chi connectivity index (χ3n) is 5.12. The number of carbonyl (C=O) groups is 1. The molecule has 0 aliphatic rings. The first kappa shape index (κ1) is 24.6. The lowest BCUT2D eigenvalue weighted by molar-refractivity contribution is 0.0949. The van der Waals surface area contributed by atoms with E-state index in [-0.39, 0.29) is 17.3 Å². The molecule has 0 spiro atoms. The van der Waals surface area contributed by atoms with Gasteiger partial charge in [0.25, 0.3) is 11.5 Å². The summed E-state index contributed by atoms with van der Waals surface area (Å²) in [7, 11) is 0. The fraction of sp³-hybridized carbons (Fsp3) is 0.148. The lowest BCUT2D eigenvalue weighted by Gasteiger charge is -2.15. The zero-order valence-corrected chi connectivity index (χ0v) is 19.7. The fourth-order valence-corrected chi connectivity index (χ4v) is 3.31. The Hall–Kier alpha value is -4.53. The number of nitrogens with zero attached hydrogens (tertiary/aromatic N) is 2. The summed E-state index contributed by atoms with van der Waals surface area (Å²) in [6.45, 7) is 4.52. The standard InChI is InChI=1S/C27H24F2N4O3/c1-17(2)15-30-26(34)18-4-3-5-21(14-18)32-25-24(36-23-12-8-20(29)9-13-23)16-31-33(27(25)35)22-10-6-19(28)7-11-22/h3-14,16-17,32H,15H2,1-2H3,(H,30,34). The summed E-state index contributed by atoms with van der Waals surface area (Å²) in [5, 5.41) is 10.0. The zero-order valence-electron chi connectivity index (χ0n) is 19.7. The molecule has 184 valence electrons. The van der Waals surface area contributed by atoms with E-state index in [1.165, 1.54) is 54.7 Å². The van der Waals surface area contributed by atoms with E-state index in [4.69, 9.17) is 4.74 Å². The molecular weight excluding hydrogens is 466 g/mol. The predicted octanol–water partition coefficient (Wildman–Crippen LogP) is 5.43. The second-order valence-electron chi connectivity index (χ2n) is 8.44. The lowest BCUT2D eigenvalue weighted by Crippen LogP contribution is -2.27. The van der Waals surface area contributed by atoms with Crippen molar-refractivity contribution in [2.24, 2.45) is 5.92 Å². The smallest absolute Gasteiger partial charge is 0.299 e. The summed E-state index contributed by atoms with van der Waals surface area (Å²) in [6.07, 6.45) is 1.33. The van der Waals surface area contributed by atoms with E-state index in [1.54, 1.807) is 24.3 Å². The van der Waals surface area contributed by atoms with Crippen LogP contribution < -0.4 is 20.9 Å². The van der Waals surface area contributed by atoms with Crippen LogP contribution in [0.3, 0.4) is 0 Å². The van der Waals surface area contributed by atoms with Crippen LogP contribution in [0.2, 0.25) is 0 Å². The fourth-order valence-electron chi connectivity index (χ4n) is 3.31. The number of amides is 1. The van der Waals surface area contributed by atoms with Crippen molar-refractivity contribution in [2.75, 3.05) is 11.9 Å². The average Bonchev–Trinajstić information content (AvgIpc) is 2.87. The first-order valence-corrected chi connectivity index (χ1v) is 11.3. The van der Waals surface area contributed by atoms with Gasteiger partial charge in [0.2, 0.25) is 0 Å². The lowest BCUT2D eigenvalue weighted by atomic mass is 10.1. The molecule has 0 aliphatic heterocycles. The SMILES string of the molecule is CC(C)CNC(=O)c1cccc(Nc2c(Oc3ccc(F)cc3)cnn(-c3ccc(F)cc3)c2=O)c1. The van der Waals surface area contributed by atoms with E-state index in [2.05, 4.69) is 15.7 Å². The quantitative estimate of drug-likeness (QED) is 0.344. The average molecular weight is 491 g/mol. The van der Waals surface area contributed by atoms with Gasteiger partial charge in [0, 0.05) is 17.8 Å². The Labute approximate surface area is 206 Å². The predicted molar refractivity (Wildman–Crippen MR) is 133 cm³/mol. The van der Waals surface area contributed by atoms with Crippen molar-refractivity contribution < 1.29 is 18.3 Å². The van der Waals surface area contributed by atoms with Gasteiger partial charge in [-0.05, 0) is 72.6 Å². The van der Waals surface area contributed by atoms with Crippen molar-refractivity contribution in [2.45, 2.75) is 13.8 Å². The van der Waals surface area contributed by atoms with Crippen LogP contribution in [0, 0.1) is 17.6 Å². The van der Waals surface area contributed by atoms with Crippen molar-refractivity contribution in [3.8, 4) is 17.2 Å². The maximum Gasteiger partial charge on any atom is 0.299 e. The topological polar surface area (TPSA) is 85.2 Å². The highest BCUT2D eigenvalue weighted by Gasteiger charge is 2.16. The second-order valence-corrected chi connectivity index (χ2v) is 8.44. The van der Waals surface area contributed by atoms with Gasteiger partial charge in [-0.3, -0.25) is 9.59 Å². The van der Waals surface area contributed by atoms with Gasteiger partial charge in [-0.1, -0.05) is 19.9 Å². The van der Waals surface area contributed by atoms with Gasteiger partial charge in [0.1, 0.15) is 17.4 Å². The minimum absolute atomic E-state index is 0.0263. The number of rotatable bonds is 8. The molecule has 0 bridgehead atoms. The molecule has 0 saturated heterocycles. The summed E-state index contributed by atoms with van der Waals surface area (Å²) < 4.78 is 33.7. The number of anilines is 2. The summed E-state index contributed by atoms with van der Waals surface area (Å²) in [4.78, 5) is 26.0. The van der Waals surface area contributed by atoms with E-state index in [0.717, 1.165) is 4.68 Å². The van der Waals surface area contributed by atoms with Gasteiger partial charge in [-0.2, -0.15) is 9.78 Å². The molecular formula is C27H24F2N4O3. The van der Waals surface area contributed by atoms with Crippen molar-refractivity contribution in [1.82, 2.24) is 15.1 Å². The van der Waals surface area contributed by atoms with Crippen LogP contribution in [-0.2, 0) is 0 Å². The molecule has 1 heterocycles. The molecule has 0 unspecified atom stereocenters. The highest BCUT2D eigenvalue weighted by molar-refractivity contribution is 5.95. The molecule has 3 aromatic carbocycles. The molecule has 0 radical (unpaired) electrons. The van der Waals surface area contributed by atoms with Gasteiger partial charge >= 0.3 is 0 Å². The summed E-state index contributed by atoms with van der Waals surface area (Å²) in [5.41, 5.74) is 0.675. The molecule has 4 rings (SSSR count). The van der Waals surface area contributed by atoms with Gasteiger partial charge in [0.05, 0.1) is 11.9 Å². The monoisotopic (exact) mass is 490 g/mol. The van der Waals surface area contributed by atoms with Gasteiger partial charge in [-0.15, -0.1) is 0 Å². The Morgan fingerprint density at radius 1 is 1.00 bits per heavy atom. The Morgan fingerprint density at radius 2 is 1.67 bits per heavy atom. The minimum Gasteiger partial charge on any atom is -0.453 e. The number of hydrogen-bond acceptors (Lipinski definition) is 5. The van der Waals surface area contributed by atoms with Crippen molar-refractivity contribution in [1.29, 1.82) is 0 Å². The number of carbonyl (C=O) groups excluding carboxylic acids is 1. The van der Waals surface area contributed by atoms with E-state index < -0.39 is 17.2 Å². The van der Waals surface area contributed by atoms with Gasteiger partial charge in [-0.25, -0.2) is 8.78 Å². The number of halogens is 2. The highest BCUT2D eigenvalue weighted by Crippen LogP contribution is 2.29. The van der Waals surface area contributed by atoms with Crippen LogP contribution in [0.1, 0.15) is 24.2 Å². The maximum atomic E-state index is 13.4. The molecule has 7 nitrogen and oxygen atoms in total. The number of benzene rings is 3. The second kappa shape index (κ2) is 10.8. The molecule has 0 atom stereocenters. The molecule has 1 aromatic heterocycles. The van der Waals surface area contributed by atoms with E-state index in [0.29, 0.717) is 35.2 Å². The maximum absolute atomic E-state index is 13.4. The van der Waals surface area contributed by atoms with Crippen molar-refractivity contribution >= 4 is 17.3 Å². The summed E-state index contributed by atoms with van der Waals surface area (Å²) >= 11 is 0. The van der Waals surface area contributed by atoms with Crippen LogP contribution in [-0.4, -0.2) is 22.2 Å². The van der Waals surface area contributed by atoms with Crippen LogP contribution >= 0.6 is 0 Å². The normalized spacial score (nSPS) is 10.8. The molecule has 2 N–H and O–H groups in total. The zero-order chi connectivity index (χ0) is 25.7. The van der Waals surface area contributed by atoms with E-state index in [1.807, 2.05) is 13.8 Å². The molecule has 0 aliphatic carbocycles. The molecule has 9 heteroatoms. The van der Waals surface area contributed by atoms with Crippen LogP contribution in [0.25, 0.3) is 5.69 Å². The van der Waals surface area contributed by atoms with Gasteiger partial charge in [0.15, 0.2) is 11.4 Å². The van der Waals surface area contributed by atoms with Gasteiger partial charge < -0.3 is 15.4 Å². The molecule has 0 saturated carbocycles. The van der Waals surface area contributed by atoms with Crippen LogP contribution in [0.15, 0.2) is 83.8 Å². The van der Waals surface area contributed by atoms with E-state index in [9.17, 15) is 18.4 Å². The van der Waals surface area contributed by atoms with Crippen molar-refractivity contribution in [3.63, 3.8) is 0 Å². The Balaban J connectivity index is 1.72. The van der Waals surface area contributed by atoms with Crippen LogP contribution in [0.5, 0.6) is 11.5 Å². The Morgan fingerprint density at radius 3 is 2.33 bits per heavy atom. The summed E-state index contributed by atoms with van der Waals surface area (Å²) in [5.74, 6) is -0.453. The van der Waals surface area contributed by atoms with Crippen LogP contribution in [0.4, 0.5) is 20.2 Å². The number of hydrogen-bond donors (Lipinski definition) is 2. The Kier molecular flexibility index (Phi) is 7.39. The number of nitrogens with one attached hydrogen (secondary N) is 2. The highest BCUT2D eigenvalue weighted by atomic mass is 19.1. The Bertz CT molecular complexity index is 1420. The largest absolute Gasteiger partial charge is 0.453 e. The minimum atomic E-state index is -0.573. The summed E-state index contributed by atoms with van der Waals surface area (Å²) in [6, 6.07) is 17.3. The first-order valence-electron chi connectivity index (χ1n) is 11.3. The molecule has 36 heavy (non-hydrogen) atoms. The third kappa shape index (κ3) is 5.93. The molecule has 4 aromatic rings. The molecule has 0 fully saturated rings. The van der Waals surface area contributed by atoms with E-state index >= 15 is 0 Å². The number of ether oxygens (including phenoxy) is 1. The first-order chi connectivity index (χ1) is 17.3. The number of aromatic nitrogens is 2. The third-order valence-corrected chi connectivity index (χ3v) is 5.12.